The van der Waals surface area contributed by atoms with Crippen LogP contribution in [0.25, 0.3) is 10.6 Å². The van der Waals surface area contributed by atoms with Crippen LogP contribution in [0.15, 0.2) is 23.6 Å². The second kappa shape index (κ2) is 6.52. The molecule has 2 aromatic heterocycles. The van der Waals surface area contributed by atoms with Crippen LogP contribution >= 0.6 is 11.3 Å². The van der Waals surface area contributed by atoms with Crippen molar-refractivity contribution in [2.45, 2.75) is 31.2 Å². The van der Waals surface area contributed by atoms with Crippen LogP contribution in [0.1, 0.15) is 42.0 Å². The first-order valence-corrected chi connectivity index (χ1v) is 8.93. The number of carbonyl (C=O) groups excluding carboxylic acids is 1. The summed E-state index contributed by atoms with van der Waals surface area (Å²) in [6.45, 7) is 0. The summed E-state index contributed by atoms with van der Waals surface area (Å²) in [5, 5.41) is 19.1. The van der Waals surface area contributed by atoms with E-state index in [-0.39, 0.29) is 11.6 Å². The number of H-pyrrole nitrogens is 1. The summed E-state index contributed by atoms with van der Waals surface area (Å²) < 4.78 is 26.5. The largest absolute Gasteiger partial charge is 0.338 e. The zero-order valence-electron chi connectivity index (χ0n) is 13.5. The molecular formula is C16H14F2N6OS. The van der Waals surface area contributed by atoms with Gasteiger partial charge in [0.1, 0.15) is 16.2 Å². The first kappa shape index (κ1) is 16.7. The SMILES string of the molecule is O=C(NC1(c2nn[nH]n2)CCCC1)c1csc(-c2ccc(F)c(F)c2)n1. The minimum absolute atomic E-state index is 0.213. The van der Waals surface area contributed by atoms with Crippen LogP contribution in [-0.2, 0) is 5.54 Å². The van der Waals surface area contributed by atoms with Crippen molar-refractivity contribution in [2.24, 2.45) is 0 Å². The molecule has 2 heterocycles. The molecule has 1 aliphatic carbocycles. The maximum Gasteiger partial charge on any atom is 0.271 e. The van der Waals surface area contributed by atoms with Crippen LogP contribution in [-0.4, -0.2) is 31.5 Å². The van der Waals surface area contributed by atoms with Gasteiger partial charge < -0.3 is 5.32 Å². The first-order chi connectivity index (χ1) is 12.6. The van der Waals surface area contributed by atoms with Gasteiger partial charge in [0.25, 0.3) is 5.91 Å². The molecule has 1 saturated carbocycles. The van der Waals surface area contributed by atoms with Gasteiger partial charge in [0, 0.05) is 10.9 Å². The molecule has 134 valence electrons. The molecule has 3 aromatic rings. The van der Waals surface area contributed by atoms with Crippen molar-refractivity contribution in [2.75, 3.05) is 0 Å². The molecule has 0 saturated heterocycles. The van der Waals surface area contributed by atoms with Gasteiger partial charge in [-0.1, -0.05) is 18.1 Å². The van der Waals surface area contributed by atoms with Gasteiger partial charge >= 0.3 is 0 Å². The molecule has 1 amide bonds. The summed E-state index contributed by atoms with van der Waals surface area (Å²) in [4.78, 5) is 16.9. The highest BCUT2D eigenvalue weighted by molar-refractivity contribution is 7.13. The summed E-state index contributed by atoms with van der Waals surface area (Å²) in [5.74, 6) is -1.78. The number of carbonyl (C=O) groups is 1. The van der Waals surface area contributed by atoms with Crippen molar-refractivity contribution < 1.29 is 13.6 Å². The van der Waals surface area contributed by atoms with Crippen LogP contribution in [0.3, 0.4) is 0 Å². The van der Waals surface area contributed by atoms with E-state index in [0.29, 0.717) is 16.4 Å². The number of nitrogens with one attached hydrogen (secondary N) is 2. The molecule has 26 heavy (non-hydrogen) atoms. The third kappa shape index (κ3) is 2.96. The Balaban J connectivity index is 1.57. The molecule has 7 nitrogen and oxygen atoms in total. The number of aromatic nitrogens is 5. The number of tetrazole rings is 1. The summed E-state index contributed by atoms with van der Waals surface area (Å²) in [7, 11) is 0. The maximum atomic E-state index is 13.4. The van der Waals surface area contributed by atoms with E-state index in [1.165, 1.54) is 17.4 Å². The van der Waals surface area contributed by atoms with Gasteiger partial charge in [-0.25, -0.2) is 13.8 Å². The Kier molecular flexibility index (Phi) is 4.19. The predicted octanol–water partition coefficient (Wildman–Crippen LogP) is 2.80. The number of halogens is 2. The number of amides is 1. The number of nitrogens with zero attached hydrogens (tertiary/aromatic N) is 4. The molecular weight excluding hydrogens is 362 g/mol. The lowest BCUT2D eigenvalue weighted by Gasteiger charge is -2.26. The Morgan fingerprint density at radius 2 is 2.04 bits per heavy atom. The van der Waals surface area contributed by atoms with Gasteiger partial charge in [-0.05, 0) is 31.0 Å². The summed E-state index contributed by atoms with van der Waals surface area (Å²) in [6, 6.07) is 3.53. The Morgan fingerprint density at radius 1 is 1.23 bits per heavy atom. The molecule has 1 aliphatic rings. The van der Waals surface area contributed by atoms with Crippen molar-refractivity contribution in [1.29, 1.82) is 0 Å². The molecule has 0 bridgehead atoms. The Morgan fingerprint density at radius 3 is 2.73 bits per heavy atom. The highest BCUT2D eigenvalue weighted by atomic mass is 32.1. The number of aromatic amines is 1. The molecule has 4 rings (SSSR count). The molecule has 0 aliphatic heterocycles. The highest BCUT2D eigenvalue weighted by Crippen LogP contribution is 2.37. The van der Waals surface area contributed by atoms with E-state index in [1.807, 2.05) is 0 Å². The van der Waals surface area contributed by atoms with E-state index >= 15 is 0 Å². The van der Waals surface area contributed by atoms with Crippen LogP contribution < -0.4 is 5.32 Å². The Labute approximate surface area is 150 Å². The number of rotatable bonds is 4. The molecule has 0 spiro atoms. The van der Waals surface area contributed by atoms with Crippen molar-refractivity contribution in [3.8, 4) is 10.6 Å². The van der Waals surface area contributed by atoms with Gasteiger partial charge in [-0.3, -0.25) is 4.79 Å². The molecule has 1 aromatic carbocycles. The van der Waals surface area contributed by atoms with Gasteiger partial charge in [-0.2, -0.15) is 5.21 Å². The third-order valence-electron chi connectivity index (χ3n) is 4.49. The monoisotopic (exact) mass is 376 g/mol. The summed E-state index contributed by atoms with van der Waals surface area (Å²) in [5.41, 5.74) is -0.0262. The number of benzene rings is 1. The second-order valence-electron chi connectivity index (χ2n) is 6.15. The lowest BCUT2D eigenvalue weighted by molar-refractivity contribution is 0.0889. The van der Waals surface area contributed by atoms with E-state index < -0.39 is 17.2 Å². The fourth-order valence-electron chi connectivity index (χ4n) is 3.17. The van der Waals surface area contributed by atoms with Crippen molar-refractivity contribution in [1.82, 2.24) is 30.9 Å². The molecule has 1 fully saturated rings. The Bertz CT molecular complexity index is 936. The van der Waals surface area contributed by atoms with E-state index in [1.54, 1.807) is 5.38 Å². The van der Waals surface area contributed by atoms with E-state index in [0.717, 1.165) is 37.8 Å². The lowest BCUT2D eigenvalue weighted by atomic mass is 9.96. The highest BCUT2D eigenvalue weighted by Gasteiger charge is 2.41. The van der Waals surface area contributed by atoms with Crippen LogP contribution in [0.2, 0.25) is 0 Å². The average Bonchev–Trinajstić information content (AvgIpc) is 3.39. The van der Waals surface area contributed by atoms with E-state index in [2.05, 4.69) is 30.9 Å². The predicted molar refractivity (Wildman–Crippen MR) is 89.3 cm³/mol. The Hall–Kier alpha value is -2.75. The smallest absolute Gasteiger partial charge is 0.271 e. The number of hydrogen-bond acceptors (Lipinski definition) is 6. The zero-order chi connectivity index (χ0) is 18.1. The molecule has 0 unspecified atom stereocenters. The van der Waals surface area contributed by atoms with E-state index in [9.17, 15) is 13.6 Å². The van der Waals surface area contributed by atoms with Crippen molar-refractivity contribution in [3.63, 3.8) is 0 Å². The molecule has 0 radical (unpaired) electrons. The first-order valence-electron chi connectivity index (χ1n) is 8.05. The fraction of sp³-hybridized carbons (Fsp3) is 0.312. The standard InChI is InChI=1S/C16H14F2N6OS/c17-10-4-3-9(7-11(10)18)14-19-12(8-26-14)13(25)20-16(5-1-2-6-16)15-21-23-24-22-15/h3-4,7-8H,1-2,5-6H2,(H,20,25)(H,21,22,23,24). The minimum atomic E-state index is -0.953. The van der Waals surface area contributed by atoms with Gasteiger partial charge in [0.05, 0.1) is 0 Å². The average molecular weight is 376 g/mol. The zero-order valence-corrected chi connectivity index (χ0v) is 14.3. The summed E-state index contributed by atoms with van der Waals surface area (Å²) >= 11 is 1.19. The van der Waals surface area contributed by atoms with Gasteiger partial charge in [-0.15, -0.1) is 21.5 Å². The van der Waals surface area contributed by atoms with Crippen LogP contribution in [0.5, 0.6) is 0 Å². The molecule has 2 N–H and O–H groups in total. The number of hydrogen-bond donors (Lipinski definition) is 2. The minimum Gasteiger partial charge on any atom is -0.338 e. The number of thiazole rings is 1. The van der Waals surface area contributed by atoms with Crippen LogP contribution in [0, 0.1) is 11.6 Å². The lowest BCUT2D eigenvalue weighted by Crippen LogP contribution is -2.44. The van der Waals surface area contributed by atoms with Gasteiger partial charge in [0.2, 0.25) is 0 Å². The van der Waals surface area contributed by atoms with Crippen LogP contribution in [0.4, 0.5) is 8.78 Å². The van der Waals surface area contributed by atoms with Crippen molar-refractivity contribution in [3.05, 3.63) is 46.7 Å². The molecule has 0 atom stereocenters. The topological polar surface area (TPSA) is 96.5 Å². The van der Waals surface area contributed by atoms with E-state index in [4.69, 9.17) is 0 Å². The fourth-order valence-corrected chi connectivity index (χ4v) is 3.97. The third-order valence-corrected chi connectivity index (χ3v) is 5.38. The maximum absolute atomic E-state index is 13.4. The van der Waals surface area contributed by atoms with Crippen molar-refractivity contribution >= 4 is 17.2 Å². The quantitative estimate of drug-likeness (QED) is 0.730. The normalized spacial score (nSPS) is 15.9. The second-order valence-corrected chi connectivity index (χ2v) is 7.00. The van der Waals surface area contributed by atoms with Gasteiger partial charge in [0.15, 0.2) is 17.5 Å². The molecule has 10 heteroatoms. The summed E-state index contributed by atoms with van der Waals surface area (Å²) in [6.07, 6.45) is 3.34.